The van der Waals surface area contributed by atoms with Crippen molar-refractivity contribution in [3.63, 3.8) is 0 Å². The molecule has 0 aromatic heterocycles. The van der Waals surface area contributed by atoms with Gasteiger partial charge in [-0.05, 0) is 35.4 Å². The molecule has 0 bridgehead atoms. The summed E-state index contributed by atoms with van der Waals surface area (Å²) in [6, 6.07) is 16.8. The van der Waals surface area contributed by atoms with Crippen molar-refractivity contribution >= 4 is 11.4 Å². The maximum Gasteiger partial charge on any atom is 0.151 e. The van der Waals surface area contributed by atoms with E-state index in [0.29, 0.717) is 0 Å². The van der Waals surface area contributed by atoms with Gasteiger partial charge in [-0.1, -0.05) is 24.3 Å². The van der Waals surface area contributed by atoms with Crippen LogP contribution in [0.5, 0.6) is 0 Å². The lowest BCUT2D eigenvalue weighted by Gasteiger charge is -2.07. The van der Waals surface area contributed by atoms with Gasteiger partial charge in [0.15, 0.2) is 12.5 Å². The van der Waals surface area contributed by atoms with Gasteiger partial charge < -0.3 is 20.1 Å². The Labute approximate surface area is 117 Å². The largest absolute Gasteiger partial charge is 0.358 e. The standard InChI is InChI=1S/C16H16N2O2/c1-5-13(17-15-9-19-15)6-2-11(1)12-3-7-14(8-4-12)18-16-10-20-16/h1-8,15-18H,9-10H2. The first-order valence-electron chi connectivity index (χ1n) is 6.84. The topological polar surface area (TPSA) is 49.1 Å². The summed E-state index contributed by atoms with van der Waals surface area (Å²) in [7, 11) is 0. The van der Waals surface area contributed by atoms with Crippen LogP contribution in [0.2, 0.25) is 0 Å². The van der Waals surface area contributed by atoms with Gasteiger partial charge in [-0.2, -0.15) is 0 Å². The molecule has 0 saturated carbocycles. The Morgan fingerprint density at radius 3 is 1.30 bits per heavy atom. The molecule has 2 aromatic carbocycles. The second-order valence-corrected chi connectivity index (χ2v) is 5.09. The lowest BCUT2D eigenvalue weighted by Crippen LogP contribution is -2.02. The smallest absolute Gasteiger partial charge is 0.151 e. The van der Waals surface area contributed by atoms with E-state index in [9.17, 15) is 0 Å². The second kappa shape index (κ2) is 4.81. The summed E-state index contributed by atoms with van der Waals surface area (Å²) < 4.78 is 10.3. The second-order valence-electron chi connectivity index (χ2n) is 5.09. The van der Waals surface area contributed by atoms with Crippen LogP contribution in [0, 0.1) is 0 Å². The van der Waals surface area contributed by atoms with E-state index in [-0.39, 0.29) is 12.5 Å². The number of anilines is 2. The summed E-state index contributed by atoms with van der Waals surface area (Å²) in [5.41, 5.74) is 4.61. The molecular formula is C16H16N2O2. The van der Waals surface area contributed by atoms with Crippen molar-refractivity contribution in [3.05, 3.63) is 48.5 Å². The van der Waals surface area contributed by atoms with Gasteiger partial charge in [0.25, 0.3) is 0 Å². The van der Waals surface area contributed by atoms with Crippen LogP contribution in [0.3, 0.4) is 0 Å². The van der Waals surface area contributed by atoms with E-state index >= 15 is 0 Å². The van der Waals surface area contributed by atoms with Crippen LogP contribution in [-0.4, -0.2) is 25.7 Å². The van der Waals surface area contributed by atoms with E-state index in [2.05, 4.69) is 59.2 Å². The van der Waals surface area contributed by atoms with Gasteiger partial charge in [0.2, 0.25) is 0 Å². The van der Waals surface area contributed by atoms with Crippen LogP contribution in [0.1, 0.15) is 0 Å². The Kier molecular flexibility index (Phi) is 2.83. The monoisotopic (exact) mass is 268 g/mol. The summed E-state index contributed by atoms with van der Waals surface area (Å²) in [6.45, 7) is 1.61. The minimum Gasteiger partial charge on any atom is -0.358 e. The van der Waals surface area contributed by atoms with Gasteiger partial charge in [0, 0.05) is 11.4 Å². The summed E-state index contributed by atoms with van der Waals surface area (Å²) in [5.74, 6) is 0. The van der Waals surface area contributed by atoms with Gasteiger partial charge in [-0.15, -0.1) is 0 Å². The van der Waals surface area contributed by atoms with Gasteiger partial charge >= 0.3 is 0 Å². The van der Waals surface area contributed by atoms with E-state index < -0.39 is 0 Å². The molecule has 2 aliphatic rings. The fourth-order valence-electron chi connectivity index (χ4n) is 2.15. The normalized spacial score (nSPS) is 23.2. The maximum atomic E-state index is 5.15. The Bertz CT molecular complexity index is 531. The van der Waals surface area contributed by atoms with Crippen LogP contribution >= 0.6 is 0 Å². The predicted molar refractivity (Wildman–Crippen MR) is 78.6 cm³/mol. The van der Waals surface area contributed by atoms with Crippen molar-refractivity contribution < 1.29 is 9.47 Å². The summed E-state index contributed by atoms with van der Waals surface area (Å²) >= 11 is 0. The van der Waals surface area contributed by atoms with Crippen LogP contribution < -0.4 is 10.6 Å². The van der Waals surface area contributed by atoms with Gasteiger partial charge in [0.1, 0.15) is 0 Å². The molecule has 4 rings (SSSR count). The molecule has 4 nitrogen and oxygen atoms in total. The molecule has 102 valence electrons. The Balaban J connectivity index is 1.47. The molecule has 2 heterocycles. The number of rotatable bonds is 5. The summed E-state index contributed by atoms with van der Waals surface area (Å²) in [4.78, 5) is 0. The molecule has 2 N–H and O–H groups in total. The van der Waals surface area contributed by atoms with Crippen molar-refractivity contribution in [3.8, 4) is 11.1 Å². The van der Waals surface area contributed by atoms with Crippen LogP contribution in [0.15, 0.2) is 48.5 Å². The van der Waals surface area contributed by atoms with E-state index in [0.717, 1.165) is 24.6 Å². The molecule has 2 atom stereocenters. The maximum absolute atomic E-state index is 5.15. The van der Waals surface area contributed by atoms with Crippen LogP contribution in [-0.2, 0) is 9.47 Å². The number of nitrogens with one attached hydrogen (secondary N) is 2. The zero-order chi connectivity index (χ0) is 13.4. The summed E-state index contributed by atoms with van der Waals surface area (Å²) in [6.07, 6.45) is 0.409. The molecule has 2 unspecified atom stereocenters. The highest BCUT2D eigenvalue weighted by Crippen LogP contribution is 2.25. The zero-order valence-electron chi connectivity index (χ0n) is 11.0. The van der Waals surface area contributed by atoms with Crippen molar-refractivity contribution in [2.75, 3.05) is 23.8 Å². The Morgan fingerprint density at radius 1 is 0.650 bits per heavy atom. The first-order valence-corrected chi connectivity index (χ1v) is 6.84. The molecule has 0 aliphatic carbocycles. The molecule has 0 radical (unpaired) electrons. The van der Waals surface area contributed by atoms with Gasteiger partial charge in [-0.3, -0.25) is 0 Å². The third-order valence-corrected chi connectivity index (χ3v) is 3.43. The molecule has 20 heavy (non-hydrogen) atoms. The Hall–Kier alpha value is -2.04. The summed E-state index contributed by atoms with van der Waals surface area (Å²) in [5, 5.41) is 6.57. The number of benzene rings is 2. The lowest BCUT2D eigenvalue weighted by molar-refractivity contribution is 0.428. The van der Waals surface area contributed by atoms with Crippen molar-refractivity contribution in [2.45, 2.75) is 12.5 Å². The van der Waals surface area contributed by atoms with Crippen molar-refractivity contribution in [2.24, 2.45) is 0 Å². The minimum absolute atomic E-state index is 0.204. The average Bonchev–Trinajstić information content (AvgIpc) is 3.37. The van der Waals surface area contributed by atoms with Crippen molar-refractivity contribution in [1.82, 2.24) is 0 Å². The average molecular weight is 268 g/mol. The molecular weight excluding hydrogens is 252 g/mol. The molecule has 4 heteroatoms. The lowest BCUT2D eigenvalue weighted by atomic mass is 10.1. The SMILES string of the molecule is c1cc(-c2ccc(NC3CO3)cc2)ccc1NC1CO1. The number of hydrogen-bond acceptors (Lipinski definition) is 4. The highest BCUT2D eigenvalue weighted by Gasteiger charge is 2.22. The van der Waals surface area contributed by atoms with Crippen LogP contribution in [0.4, 0.5) is 11.4 Å². The van der Waals surface area contributed by atoms with Crippen molar-refractivity contribution in [1.29, 1.82) is 0 Å². The Morgan fingerprint density at radius 2 is 1.00 bits per heavy atom. The number of epoxide rings is 2. The molecule has 2 saturated heterocycles. The molecule has 2 fully saturated rings. The van der Waals surface area contributed by atoms with Gasteiger partial charge in [-0.25, -0.2) is 0 Å². The van der Waals surface area contributed by atoms with E-state index in [1.165, 1.54) is 11.1 Å². The zero-order valence-corrected chi connectivity index (χ0v) is 11.0. The highest BCUT2D eigenvalue weighted by atomic mass is 16.6. The molecule has 0 spiro atoms. The third kappa shape index (κ3) is 2.76. The third-order valence-electron chi connectivity index (χ3n) is 3.43. The highest BCUT2D eigenvalue weighted by molar-refractivity contribution is 5.68. The molecule has 0 amide bonds. The first-order chi connectivity index (χ1) is 9.87. The molecule has 2 aliphatic heterocycles. The quantitative estimate of drug-likeness (QED) is 0.819. The number of ether oxygens (including phenoxy) is 2. The minimum atomic E-state index is 0.204. The number of hydrogen-bond donors (Lipinski definition) is 2. The van der Waals surface area contributed by atoms with Crippen LogP contribution in [0.25, 0.3) is 11.1 Å². The fraction of sp³-hybridized carbons (Fsp3) is 0.250. The van der Waals surface area contributed by atoms with Gasteiger partial charge in [0.05, 0.1) is 13.2 Å². The van der Waals surface area contributed by atoms with E-state index in [1.54, 1.807) is 0 Å². The predicted octanol–water partition coefficient (Wildman–Crippen LogP) is 2.89. The van der Waals surface area contributed by atoms with E-state index in [4.69, 9.17) is 9.47 Å². The molecule has 2 aromatic rings. The van der Waals surface area contributed by atoms with E-state index in [1.807, 2.05) is 0 Å². The first kappa shape index (κ1) is 11.8. The fourth-order valence-corrected chi connectivity index (χ4v) is 2.15.